The zero-order chi connectivity index (χ0) is 19.7. The molecule has 0 atom stereocenters. The van der Waals surface area contributed by atoms with Gasteiger partial charge in [0.25, 0.3) is 0 Å². The number of nitrogens with zero attached hydrogens (tertiary/aromatic N) is 2. The zero-order valence-corrected chi connectivity index (χ0v) is 16.3. The van der Waals surface area contributed by atoms with Gasteiger partial charge in [0.15, 0.2) is 5.96 Å². The summed E-state index contributed by atoms with van der Waals surface area (Å²) in [4.78, 5) is 8.67. The van der Waals surface area contributed by atoms with Gasteiger partial charge in [0.1, 0.15) is 17.3 Å². The van der Waals surface area contributed by atoms with Gasteiger partial charge in [0.05, 0.1) is 19.6 Å². The van der Waals surface area contributed by atoms with Gasteiger partial charge in [-0.05, 0) is 42.0 Å². The normalized spacial score (nSPS) is 15.0. The summed E-state index contributed by atoms with van der Waals surface area (Å²) >= 11 is 0. The molecule has 2 aliphatic heterocycles. The van der Waals surface area contributed by atoms with Crippen LogP contribution in [-0.4, -0.2) is 51.3 Å². The third-order valence-electron chi connectivity index (χ3n) is 4.57. The lowest BCUT2D eigenvalue weighted by molar-refractivity contribution is 0.120. The molecule has 0 bridgehead atoms. The topological polar surface area (TPSA) is 91.3 Å². The summed E-state index contributed by atoms with van der Waals surface area (Å²) in [5.41, 5.74) is 2.19. The van der Waals surface area contributed by atoms with Crippen LogP contribution in [0.3, 0.4) is 0 Å². The molecule has 2 aromatic rings. The van der Waals surface area contributed by atoms with E-state index in [0.717, 1.165) is 67.3 Å². The smallest absolute Gasteiger partial charge is 0.230 e. The Balaban J connectivity index is 1.16. The van der Waals surface area contributed by atoms with Gasteiger partial charge in [-0.1, -0.05) is 12.1 Å². The summed E-state index contributed by atoms with van der Waals surface area (Å²) in [6.07, 6.45) is 0. The monoisotopic (exact) mass is 394 g/mol. The largest absolute Gasteiger partial charge is 0.458 e. The summed E-state index contributed by atoms with van der Waals surface area (Å²) in [5.74, 6) is 3.40. The Morgan fingerprint density at radius 3 is 2.10 bits per heavy atom. The highest BCUT2D eigenvalue weighted by Gasteiger charge is 2.05. The summed E-state index contributed by atoms with van der Waals surface area (Å²) in [5, 5.41) is 13.0. The fraction of sp³-hybridized carbons (Fsp3) is 0.333. The summed E-state index contributed by atoms with van der Waals surface area (Å²) < 4.78 is 11.3. The van der Waals surface area contributed by atoms with Crippen molar-refractivity contribution >= 4 is 17.5 Å². The van der Waals surface area contributed by atoms with Gasteiger partial charge in [-0.25, -0.2) is 0 Å². The molecule has 0 fully saturated rings. The van der Waals surface area contributed by atoms with Crippen LogP contribution < -0.4 is 30.7 Å². The van der Waals surface area contributed by atoms with E-state index in [1.807, 2.05) is 48.5 Å². The molecular formula is C21H26N6O2. The molecule has 8 heteroatoms. The number of aliphatic imine (C=N–C) groups is 2. The summed E-state index contributed by atoms with van der Waals surface area (Å²) in [7, 11) is 0. The predicted molar refractivity (Wildman–Crippen MR) is 115 cm³/mol. The van der Waals surface area contributed by atoms with Crippen molar-refractivity contribution in [1.82, 2.24) is 16.0 Å². The lowest BCUT2D eigenvalue weighted by Crippen LogP contribution is -2.33. The Morgan fingerprint density at radius 1 is 0.759 bits per heavy atom. The van der Waals surface area contributed by atoms with Crippen LogP contribution in [0.4, 0.5) is 5.69 Å². The minimum absolute atomic E-state index is 0.159. The SMILES string of the molecule is c1cc(OCOc2ccc(NCC3=NCCN3)cc2)ccc1CNC1=NCCN1. The van der Waals surface area contributed by atoms with E-state index >= 15 is 0 Å². The average Bonchev–Trinajstić information content (AvgIpc) is 3.47. The number of guanidine groups is 1. The standard InChI is InChI=1S/C21H26N6O2/c1-5-18(6-2-16(1)13-27-21-24-11-12-25-21)28-15-29-19-7-3-17(4-8-19)26-14-20-22-9-10-23-20/h1-8,26H,9-15H2,(H,22,23)(H2,24,25,27). The highest BCUT2D eigenvalue weighted by Crippen LogP contribution is 2.17. The number of benzene rings is 2. The van der Waals surface area contributed by atoms with Crippen molar-refractivity contribution in [2.75, 3.05) is 44.8 Å². The predicted octanol–water partition coefficient (Wildman–Crippen LogP) is 1.56. The Kier molecular flexibility index (Phi) is 6.31. The number of ether oxygens (including phenoxy) is 2. The molecule has 2 aromatic carbocycles. The maximum atomic E-state index is 5.67. The van der Waals surface area contributed by atoms with Crippen LogP contribution in [0.25, 0.3) is 0 Å². The molecule has 8 nitrogen and oxygen atoms in total. The van der Waals surface area contributed by atoms with E-state index in [1.165, 1.54) is 0 Å². The van der Waals surface area contributed by atoms with Crippen LogP contribution >= 0.6 is 0 Å². The van der Waals surface area contributed by atoms with Gasteiger partial charge in [-0.2, -0.15) is 0 Å². The number of hydrogen-bond donors (Lipinski definition) is 4. The number of nitrogens with one attached hydrogen (secondary N) is 4. The van der Waals surface area contributed by atoms with Gasteiger partial charge in [0.2, 0.25) is 6.79 Å². The summed E-state index contributed by atoms with van der Waals surface area (Å²) in [6, 6.07) is 15.7. The molecule has 0 unspecified atom stereocenters. The van der Waals surface area contributed by atoms with Crippen molar-refractivity contribution in [3.63, 3.8) is 0 Å². The van der Waals surface area contributed by atoms with Gasteiger partial charge in [-0.15, -0.1) is 0 Å². The van der Waals surface area contributed by atoms with Crippen molar-refractivity contribution in [1.29, 1.82) is 0 Å². The van der Waals surface area contributed by atoms with E-state index in [2.05, 4.69) is 31.3 Å². The molecule has 0 saturated carbocycles. The molecule has 0 spiro atoms. The molecule has 152 valence electrons. The fourth-order valence-corrected chi connectivity index (χ4v) is 2.99. The highest BCUT2D eigenvalue weighted by molar-refractivity contribution is 5.87. The minimum Gasteiger partial charge on any atom is -0.458 e. The fourth-order valence-electron chi connectivity index (χ4n) is 2.99. The molecule has 4 N–H and O–H groups in total. The number of amidine groups is 1. The number of rotatable bonds is 9. The first-order valence-corrected chi connectivity index (χ1v) is 9.83. The van der Waals surface area contributed by atoms with Crippen molar-refractivity contribution in [2.24, 2.45) is 9.98 Å². The first-order chi connectivity index (χ1) is 14.3. The lowest BCUT2D eigenvalue weighted by Gasteiger charge is -2.11. The molecule has 0 aromatic heterocycles. The van der Waals surface area contributed by atoms with Gasteiger partial charge >= 0.3 is 0 Å². The maximum absolute atomic E-state index is 5.67. The quantitative estimate of drug-likeness (QED) is 0.483. The van der Waals surface area contributed by atoms with Crippen LogP contribution in [0, 0.1) is 0 Å². The van der Waals surface area contributed by atoms with E-state index in [0.29, 0.717) is 6.54 Å². The molecule has 2 aliphatic rings. The van der Waals surface area contributed by atoms with Crippen molar-refractivity contribution in [3.05, 3.63) is 54.1 Å². The number of anilines is 1. The lowest BCUT2D eigenvalue weighted by atomic mass is 10.2. The molecular weight excluding hydrogens is 368 g/mol. The van der Waals surface area contributed by atoms with E-state index < -0.39 is 0 Å². The second-order valence-corrected chi connectivity index (χ2v) is 6.69. The Bertz CT molecular complexity index is 777. The maximum Gasteiger partial charge on any atom is 0.230 e. The Hall–Kier alpha value is -3.42. The van der Waals surface area contributed by atoms with Gasteiger partial charge < -0.3 is 30.7 Å². The van der Waals surface area contributed by atoms with Gasteiger partial charge in [-0.3, -0.25) is 9.98 Å². The van der Waals surface area contributed by atoms with Crippen molar-refractivity contribution < 1.29 is 9.47 Å². The third kappa shape index (κ3) is 5.78. The second-order valence-electron chi connectivity index (χ2n) is 6.69. The van der Waals surface area contributed by atoms with E-state index in [4.69, 9.17) is 9.47 Å². The van der Waals surface area contributed by atoms with E-state index in [-0.39, 0.29) is 6.79 Å². The van der Waals surface area contributed by atoms with Gasteiger partial charge in [0, 0.05) is 25.3 Å². The first kappa shape index (κ1) is 18.9. The Labute approximate surface area is 170 Å². The highest BCUT2D eigenvalue weighted by atomic mass is 16.7. The van der Waals surface area contributed by atoms with Crippen molar-refractivity contribution in [2.45, 2.75) is 6.54 Å². The summed E-state index contributed by atoms with van der Waals surface area (Å²) in [6.45, 7) is 5.12. The minimum atomic E-state index is 0.159. The number of hydrogen-bond acceptors (Lipinski definition) is 8. The Morgan fingerprint density at radius 2 is 1.45 bits per heavy atom. The van der Waals surface area contributed by atoms with Crippen LogP contribution in [0.2, 0.25) is 0 Å². The average molecular weight is 394 g/mol. The molecule has 29 heavy (non-hydrogen) atoms. The van der Waals surface area contributed by atoms with E-state index in [9.17, 15) is 0 Å². The molecule has 4 rings (SSSR count). The van der Waals surface area contributed by atoms with E-state index in [1.54, 1.807) is 0 Å². The molecule has 0 saturated heterocycles. The van der Waals surface area contributed by atoms with Crippen LogP contribution in [-0.2, 0) is 6.54 Å². The molecule has 0 amide bonds. The van der Waals surface area contributed by atoms with Crippen LogP contribution in [0.15, 0.2) is 58.5 Å². The molecule has 0 radical (unpaired) electrons. The molecule has 0 aliphatic carbocycles. The van der Waals surface area contributed by atoms with Crippen LogP contribution in [0.1, 0.15) is 5.56 Å². The van der Waals surface area contributed by atoms with Crippen LogP contribution in [0.5, 0.6) is 11.5 Å². The van der Waals surface area contributed by atoms with Crippen molar-refractivity contribution in [3.8, 4) is 11.5 Å². The second kappa shape index (κ2) is 9.68. The molecule has 2 heterocycles. The zero-order valence-electron chi connectivity index (χ0n) is 16.3. The first-order valence-electron chi connectivity index (χ1n) is 9.83. The third-order valence-corrected chi connectivity index (χ3v) is 4.57.